The smallest absolute Gasteiger partial charge is 0.351 e. The van der Waals surface area contributed by atoms with E-state index in [2.05, 4.69) is 0 Å². The number of aryl methyl sites for hydroxylation is 1. The van der Waals surface area contributed by atoms with E-state index in [1.165, 1.54) is 6.20 Å². The van der Waals surface area contributed by atoms with Crippen molar-refractivity contribution in [3.05, 3.63) is 58.9 Å². The minimum Gasteiger partial charge on any atom is -0.462 e. The van der Waals surface area contributed by atoms with Gasteiger partial charge >= 0.3 is 5.97 Å². The molecule has 0 atom stereocenters. The lowest BCUT2D eigenvalue weighted by Gasteiger charge is -2.33. The largest absolute Gasteiger partial charge is 0.462 e. The second-order valence-corrected chi connectivity index (χ2v) is 9.63. The van der Waals surface area contributed by atoms with Gasteiger partial charge in [0.2, 0.25) is 9.84 Å². The van der Waals surface area contributed by atoms with Gasteiger partial charge in [0, 0.05) is 25.0 Å². The third kappa shape index (κ3) is 3.92. The van der Waals surface area contributed by atoms with Gasteiger partial charge in [-0.3, -0.25) is 0 Å². The summed E-state index contributed by atoms with van der Waals surface area (Å²) >= 11 is 0. The van der Waals surface area contributed by atoms with Gasteiger partial charge in [-0.25, -0.2) is 17.6 Å². The summed E-state index contributed by atoms with van der Waals surface area (Å²) in [5.74, 6) is -1.57. The summed E-state index contributed by atoms with van der Waals surface area (Å²) < 4.78 is 46.5. The molecule has 0 saturated carbocycles. The molecule has 0 aliphatic carbocycles. The first-order chi connectivity index (χ1) is 14.8. The lowest BCUT2D eigenvalue weighted by Crippen LogP contribution is -2.31. The number of nitrogens with zero attached hydrogens (tertiary/aromatic N) is 2. The second-order valence-electron chi connectivity index (χ2n) is 7.74. The van der Waals surface area contributed by atoms with E-state index in [1.807, 2.05) is 36.1 Å². The van der Waals surface area contributed by atoms with Crippen molar-refractivity contribution >= 4 is 32.9 Å². The van der Waals surface area contributed by atoms with Crippen molar-refractivity contribution in [3.63, 3.8) is 0 Å². The van der Waals surface area contributed by atoms with Gasteiger partial charge in [0.15, 0.2) is 4.91 Å². The normalized spacial score (nSPS) is 17.7. The summed E-state index contributed by atoms with van der Waals surface area (Å²) in [6.45, 7) is 5.02. The first-order valence-electron chi connectivity index (χ1n) is 10.4. The van der Waals surface area contributed by atoms with Crippen LogP contribution in [0.5, 0.6) is 0 Å². The van der Waals surface area contributed by atoms with Crippen LogP contribution in [0.15, 0.2) is 52.4 Å². The van der Waals surface area contributed by atoms with Crippen molar-refractivity contribution in [2.24, 2.45) is 0 Å². The highest BCUT2D eigenvalue weighted by Gasteiger charge is 2.38. The Morgan fingerprint density at radius 2 is 1.74 bits per heavy atom. The van der Waals surface area contributed by atoms with Crippen molar-refractivity contribution in [3.8, 4) is 0 Å². The average Bonchev–Trinajstić information content (AvgIpc) is 2.75. The Balaban J connectivity index is 1.91. The number of anilines is 3. The highest BCUT2D eigenvalue weighted by Crippen LogP contribution is 2.43. The van der Waals surface area contributed by atoms with Gasteiger partial charge in [-0.2, -0.15) is 0 Å². The molecule has 1 fully saturated rings. The number of benzene rings is 2. The summed E-state index contributed by atoms with van der Waals surface area (Å²) in [5.41, 5.74) is 2.40. The van der Waals surface area contributed by atoms with E-state index >= 15 is 4.39 Å². The van der Waals surface area contributed by atoms with Crippen molar-refractivity contribution in [2.75, 3.05) is 29.5 Å². The summed E-state index contributed by atoms with van der Waals surface area (Å²) in [6.07, 6.45) is 4.30. The zero-order chi connectivity index (χ0) is 22.2. The van der Waals surface area contributed by atoms with Crippen LogP contribution in [0.1, 0.15) is 31.7 Å². The Bertz CT molecular complexity index is 1140. The molecule has 0 amide bonds. The number of carbonyl (C=O) groups is 1. The van der Waals surface area contributed by atoms with Crippen molar-refractivity contribution < 1.29 is 22.3 Å². The summed E-state index contributed by atoms with van der Waals surface area (Å²) in [7, 11) is -4.24. The zero-order valence-corrected chi connectivity index (χ0v) is 18.4. The predicted octanol–water partition coefficient (Wildman–Crippen LogP) is 4.45. The van der Waals surface area contributed by atoms with E-state index < -0.39 is 26.5 Å². The van der Waals surface area contributed by atoms with Crippen LogP contribution in [-0.4, -0.2) is 34.1 Å². The molecule has 2 aromatic carbocycles. The molecule has 0 bridgehead atoms. The lowest BCUT2D eigenvalue weighted by atomic mass is 10.1. The monoisotopic (exact) mass is 444 g/mol. The second kappa shape index (κ2) is 8.34. The number of carbonyl (C=O) groups excluding carboxylic acids is 1. The molecule has 4 rings (SSSR count). The van der Waals surface area contributed by atoms with Crippen molar-refractivity contribution in [2.45, 2.75) is 38.0 Å². The third-order valence-electron chi connectivity index (χ3n) is 5.60. The fraction of sp³-hybridized carbons (Fsp3) is 0.348. The Hall–Kier alpha value is -2.87. The minimum absolute atomic E-state index is 0.0331. The quantitative estimate of drug-likeness (QED) is 0.649. The van der Waals surface area contributed by atoms with E-state index in [4.69, 9.17) is 4.74 Å². The molecule has 0 radical (unpaired) electrons. The molecule has 0 unspecified atom stereocenters. The summed E-state index contributed by atoms with van der Waals surface area (Å²) in [5, 5.41) is 0. The first-order valence-corrected chi connectivity index (χ1v) is 11.9. The maximum absolute atomic E-state index is 15.1. The Morgan fingerprint density at radius 3 is 2.39 bits per heavy atom. The molecule has 0 aromatic heterocycles. The van der Waals surface area contributed by atoms with Gasteiger partial charge in [-0.05, 0) is 57.4 Å². The number of halogens is 1. The molecule has 31 heavy (non-hydrogen) atoms. The van der Waals surface area contributed by atoms with Crippen LogP contribution in [-0.2, 0) is 19.4 Å². The SMILES string of the molecule is CCOC(=O)C1=CN(c2ccc(C)cc2)c2cc(N3CCCCC3)c(F)cc2S1(=O)=O. The van der Waals surface area contributed by atoms with Gasteiger partial charge in [-0.1, -0.05) is 17.7 Å². The fourth-order valence-electron chi connectivity index (χ4n) is 3.97. The van der Waals surface area contributed by atoms with Crippen LogP contribution in [0.3, 0.4) is 0 Å². The molecule has 2 heterocycles. The van der Waals surface area contributed by atoms with Crippen LogP contribution in [0, 0.1) is 12.7 Å². The van der Waals surface area contributed by atoms with Crippen molar-refractivity contribution in [1.29, 1.82) is 0 Å². The van der Waals surface area contributed by atoms with Crippen LogP contribution in [0.25, 0.3) is 0 Å². The molecule has 0 spiro atoms. The fourth-order valence-corrected chi connectivity index (χ4v) is 5.42. The van der Waals surface area contributed by atoms with Crippen molar-refractivity contribution in [1.82, 2.24) is 0 Å². The van der Waals surface area contributed by atoms with E-state index in [-0.39, 0.29) is 11.5 Å². The molecule has 1 saturated heterocycles. The van der Waals surface area contributed by atoms with Crippen LogP contribution in [0.4, 0.5) is 21.5 Å². The zero-order valence-electron chi connectivity index (χ0n) is 17.6. The number of hydrogen-bond donors (Lipinski definition) is 0. The van der Waals surface area contributed by atoms with Crippen LogP contribution in [0.2, 0.25) is 0 Å². The molecule has 6 nitrogen and oxygen atoms in total. The molecular weight excluding hydrogens is 419 g/mol. The van der Waals surface area contributed by atoms with E-state index in [0.717, 1.165) is 44.0 Å². The number of sulfone groups is 1. The molecule has 2 aliphatic heterocycles. The highest BCUT2D eigenvalue weighted by atomic mass is 32.2. The molecule has 8 heteroatoms. The third-order valence-corrected chi connectivity index (χ3v) is 7.36. The maximum Gasteiger partial charge on any atom is 0.351 e. The Morgan fingerprint density at radius 1 is 1.06 bits per heavy atom. The lowest BCUT2D eigenvalue weighted by molar-refractivity contribution is -0.137. The van der Waals surface area contributed by atoms with Gasteiger partial charge in [0.05, 0.1) is 22.9 Å². The summed E-state index contributed by atoms with van der Waals surface area (Å²) in [6, 6.07) is 10.1. The Kier molecular flexibility index (Phi) is 5.75. The van der Waals surface area contributed by atoms with E-state index in [9.17, 15) is 13.2 Å². The average molecular weight is 445 g/mol. The molecule has 2 aliphatic rings. The van der Waals surface area contributed by atoms with Gasteiger partial charge in [0.25, 0.3) is 0 Å². The molecular formula is C23H25FN2O4S. The number of piperidine rings is 1. The number of rotatable bonds is 4. The van der Waals surface area contributed by atoms with E-state index in [1.54, 1.807) is 17.9 Å². The summed E-state index contributed by atoms with van der Waals surface area (Å²) in [4.78, 5) is 15.3. The minimum atomic E-state index is -4.24. The standard InChI is InChI=1S/C23H25FN2O4S/c1-3-30-23(27)22-15-26(17-9-7-16(2)8-10-17)20-14-19(25-11-5-4-6-12-25)18(24)13-21(20)31(22,28)29/h7-10,13-15H,3-6,11-12H2,1-2H3. The number of ether oxygens (including phenoxy) is 1. The van der Waals surface area contributed by atoms with Crippen LogP contribution >= 0.6 is 0 Å². The topological polar surface area (TPSA) is 66.9 Å². The van der Waals surface area contributed by atoms with Gasteiger partial charge < -0.3 is 14.5 Å². The van der Waals surface area contributed by atoms with Gasteiger partial charge in [-0.15, -0.1) is 0 Å². The highest BCUT2D eigenvalue weighted by molar-refractivity contribution is 7.96. The molecule has 164 valence electrons. The Labute approximate surface area is 181 Å². The van der Waals surface area contributed by atoms with E-state index in [0.29, 0.717) is 17.1 Å². The molecule has 0 N–H and O–H groups in total. The maximum atomic E-state index is 15.1. The first kappa shape index (κ1) is 21.4. The van der Waals surface area contributed by atoms with Gasteiger partial charge in [0.1, 0.15) is 5.82 Å². The van der Waals surface area contributed by atoms with Crippen LogP contribution < -0.4 is 9.80 Å². The predicted molar refractivity (Wildman–Crippen MR) is 118 cm³/mol. The molecule has 2 aromatic rings. The number of hydrogen-bond acceptors (Lipinski definition) is 6. The number of fused-ring (bicyclic) bond motifs is 1. The number of esters is 1.